The Morgan fingerprint density at radius 1 is 1.31 bits per heavy atom. The van der Waals surface area contributed by atoms with Crippen LogP contribution in [-0.2, 0) is 0 Å². The van der Waals surface area contributed by atoms with E-state index in [9.17, 15) is 0 Å². The summed E-state index contributed by atoms with van der Waals surface area (Å²) < 4.78 is 0. The lowest BCUT2D eigenvalue weighted by Gasteiger charge is -2.00. The highest BCUT2D eigenvalue weighted by molar-refractivity contribution is 6.36. The average Bonchev–Trinajstić information content (AvgIpc) is 2.95. The molecule has 13 heavy (non-hydrogen) atoms. The number of hydrogen-bond donors (Lipinski definition) is 0. The maximum absolute atomic E-state index is 2.54. The number of allylic oxidation sites excluding steroid dienone is 2. The molecule has 1 aliphatic heterocycles. The van der Waals surface area contributed by atoms with Crippen LogP contribution in [0.2, 0.25) is 12.1 Å². The monoisotopic (exact) mass is 197 g/mol. The Balaban J connectivity index is 1.94. The minimum atomic E-state index is 0.229. The number of nitrogens with zero attached hydrogens (tertiary/aromatic N) is 1. The zero-order valence-electron chi connectivity index (χ0n) is 9.18. The lowest BCUT2D eigenvalue weighted by atomic mass is 10.1. The smallest absolute Gasteiger partial charge is 0.0254 e. The van der Waals surface area contributed by atoms with Crippen LogP contribution in [0.15, 0.2) is 11.6 Å². The molecule has 0 aliphatic carbocycles. The van der Waals surface area contributed by atoms with E-state index in [1.807, 2.05) is 0 Å². The van der Waals surface area contributed by atoms with Crippen molar-refractivity contribution in [2.24, 2.45) is 0 Å². The molecular formula is C11H23NSi. The first-order valence-corrected chi connectivity index (χ1v) is 7.77. The van der Waals surface area contributed by atoms with E-state index in [1.54, 1.807) is 5.57 Å². The quantitative estimate of drug-likeness (QED) is 0.261. The highest BCUT2D eigenvalue weighted by Crippen LogP contribution is 2.08. The summed E-state index contributed by atoms with van der Waals surface area (Å²) in [6, 6.07) is 2.96. The van der Waals surface area contributed by atoms with Gasteiger partial charge in [-0.05, 0) is 31.5 Å². The van der Waals surface area contributed by atoms with Gasteiger partial charge >= 0.3 is 0 Å². The van der Waals surface area contributed by atoms with Gasteiger partial charge in [0.05, 0.1) is 0 Å². The minimum Gasteiger partial charge on any atom is -0.301 e. The first-order chi connectivity index (χ1) is 6.36. The van der Waals surface area contributed by atoms with Crippen molar-refractivity contribution in [3.63, 3.8) is 0 Å². The molecule has 0 aromatic carbocycles. The van der Waals surface area contributed by atoms with Crippen LogP contribution in [0.1, 0.15) is 26.7 Å². The first kappa shape index (κ1) is 11.0. The molecule has 1 nitrogen and oxygen atoms in total. The molecule has 0 N–H and O–H groups in total. The van der Waals surface area contributed by atoms with Gasteiger partial charge in [-0.2, -0.15) is 0 Å². The second kappa shape index (κ2) is 6.38. The molecule has 0 spiro atoms. The molecule has 1 heterocycles. The summed E-state index contributed by atoms with van der Waals surface area (Å²) in [6.07, 6.45) is 5.03. The average molecular weight is 197 g/mol. The Bertz CT molecular complexity index is 155. The fourth-order valence-electron chi connectivity index (χ4n) is 1.62. The topological polar surface area (TPSA) is 3.01 Å². The molecule has 2 heteroatoms. The number of hydrogen-bond acceptors (Lipinski definition) is 1. The standard InChI is InChI=1S/C11H23NSi/c1-3-11(4-2)5-9-13-10-8-12-6-7-12/h5H,3-4,6-10,13H2,1-2H3. The fraction of sp³-hybridized carbons (Fsp3) is 0.818. The van der Waals surface area contributed by atoms with E-state index in [4.69, 9.17) is 0 Å². The lowest BCUT2D eigenvalue weighted by Crippen LogP contribution is -2.02. The van der Waals surface area contributed by atoms with Gasteiger partial charge in [-0.1, -0.05) is 25.5 Å². The molecule has 1 aliphatic rings. The lowest BCUT2D eigenvalue weighted by molar-refractivity contribution is 0.593. The predicted molar refractivity (Wildman–Crippen MR) is 63.3 cm³/mol. The summed E-state index contributed by atoms with van der Waals surface area (Å²) in [5.74, 6) is 0. The summed E-state index contributed by atoms with van der Waals surface area (Å²) in [4.78, 5) is 2.54. The van der Waals surface area contributed by atoms with Gasteiger partial charge in [-0.25, -0.2) is 0 Å². The van der Waals surface area contributed by atoms with Crippen LogP contribution < -0.4 is 0 Å². The van der Waals surface area contributed by atoms with Crippen LogP contribution in [0.4, 0.5) is 0 Å². The van der Waals surface area contributed by atoms with E-state index in [2.05, 4.69) is 24.8 Å². The molecule has 0 aromatic heterocycles. The largest absolute Gasteiger partial charge is 0.301 e. The van der Waals surface area contributed by atoms with Gasteiger partial charge in [0.2, 0.25) is 0 Å². The van der Waals surface area contributed by atoms with Crippen LogP contribution >= 0.6 is 0 Å². The highest BCUT2D eigenvalue weighted by Gasteiger charge is 2.14. The third-order valence-corrected chi connectivity index (χ3v) is 4.32. The summed E-state index contributed by atoms with van der Waals surface area (Å²) in [5.41, 5.74) is 1.67. The Morgan fingerprint density at radius 2 is 2.00 bits per heavy atom. The van der Waals surface area contributed by atoms with E-state index in [1.165, 1.54) is 44.6 Å². The molecule has 0 saturated carbocycles. The zero-order chi connectivity index (χ0) is 9.52. The second-order valence-electron chi connectivity index (χ2n) is 3.91. The molecule has 1 saturated heterocycles. The van der Waals surface area contributed by atoms with Crippen LogP contribution in [-0.4, -0.2) is 34.1 Å². The molecule has 0 bridgehead atoms. The van der Waals surface area contributed by atoms with E-state index in [0.717, 1.165) is 0 Å². The molecule has 0 radical (unpaired) electrons. The maximum atomic E-state index is 2.54. The Morgan fingerprint density at radius 3 is 2.54 bits per heavy atom. The van der Waals surface area contributed by atoms with E-state index < -0.39 is 0 Å². The van der Waals surface area contributed by atoms with Gasteiger partial charge in [0.15, 0.2) is 0 Å². The van der Waals surface area contributed by atoms with Crippen molar-refractivity contribution in [2.75, 3.05) is 19.6 Å². The molecule has 1 fully saturated rings. The van der Waals surface area contributed by atoms with Gasteiger partial charge < -0.3 is 4.90 Å². The van der Waals surface area contributed by atoms with Gasteiger partial charge in [0, 0.05) is 22.6 Å². The molecule has 0 aromatic rings. The molecule has 1 rings (SSSR count). The Labute approximate surface area is 85.0 Å². The van der Waals surface area contributed by atoms with Crippen molar-refractivity contribution >= 4 is 9.52 Å². The maximum Gasteiger partial charge on any atom is 0.0254 e. The van der Waals surface area contributed by atoms with Gasteiger partial charge in [-0.15, -0.1) is 0 Å². The molecular weight excluding hydrogens is 174 g/mol. The predicted octanol–water partition coefficient (Wildman–Crippen LogP) is 2.05. The third kappa shape index (κ3) is 5.27. The minimum absolute atomic E-state index is 0.229. The van der Waals surface area contributed by atoms with E-state index >= 15 is 0 Å². The van der Waals surface area contributed by atoms with E-state index in [0.29, 0.717) is 0 Å². The van der Waals surface area contributed by atoms with Gasteiger partial charge in [0.25, 0.3) is 0 Å². The summed E-state index contributed by atoms with van der Waals surface area (Å²) >= 11 is 0. The van der Waals surface area contributed by atoms with Gasteiger partial charge in [-0.3, -0.25) is 0 Å². The van der Waals surface area contributed by atoms with Gasteiger partial charge in [0.1, 0.15) is 0 Å². The SMILES string of the molecule is CCC(=CC[SiH2]CCN1CC1)CC. The Hall–Kier alpha value is -0.0831. The van der Waals surface area contributed by atoms with E-state index in [-0.39, 0.29) is 9.52 Å². The summed E-state index contributed by atoms with van der Waals surface area (Å²) in [5, 5.41) is 0. The first-order valence-electron chi connectivity index (χ1n) is 5.77. The van der Waals surface area contributed by atoms with Crippen molar-refractivity contribution in [1.82, 2.24) is 4.90 Å². The van der Waals surface area contributed by atoms with Crippen molar-refractivity contribution < 1.29 is 0 Å². The normalized spacial score (nSPS) is 16.8. The van der Waals surface area contributed by atoms with Crippen LogP contribution in [0.5, 0.6) is 0 Å². The van der Waals surface area contributed by atoms with Crippen molar-refractivity contribution in [2.45, 2.75) is 38.8 Å². The highest BCUT2D eigenvalue weighted by atomic mass is 28.2. The Kier molecular flexibility index (Phi) is 5.40. The van der Waals surface area contributed by atoms with Crippen molar-refractivity contribution in [1.29, 1.82) is 0 Å². The third-order valence-electron chi connectivity index (χ3n) is 2.81. The molecule has 0 amide bonds. The summed E-state index contributed by atoms with van der Waals surface area (Å²) in [6.45, 7) is 8.69. The molecule has 0 unspecified atom stereocenters. The zero-order valence-corrected chi connectivity index (χ0v) is 10.6. The molecule has 76 valence electrons. The van der Waals surface area contributed by atoms with Crippen LogP contribution in [0.3, 0.4) is 0 Å². The summed E-state index contributed by atoms with van der Waals surface area (Å²) in [7, 11) is 0.229. The van der Waals surface area contributed by atoms with Crippen LogP contribution in [0.25, 0.3) is 0 Å². The molecule has 0 atom stereocenters. The van der Waals surface area contributed by atoms with Crippen LogP contribution in [0, 0.1) is 0 Å². The van der Waals surface area contributed by atoms with Crippen molar-refractivity contribution in [3.8, 4) is 0 Å². The second-order valence-corrected chi connectivity index (χ2v) is 5.90. The fourth-order valence-corrected chi connectivity index (χ4v) is 3.19. The van der Waals surface area contributed by atoms with Crippen molar-refractivity contribution in [3.05, 3.63) is 11.6 Å². The number of rotatable bonds is 7.